The molecule has 0 N–H and O–H groups in total. The van der Waals surface area contributed by atoms with Crippen LogP contribution in [0.2, 0.25) is 10.6 Å². The lowest BCUT2D eigenvalue weighted by Gasteiger charge is -2.51. The quantitative estimate of drug-likeness (QED) is 0.792. The summed E-state index contributed by atoms with van der Waals surface area (Å²) < 4.78 is 0. The van der Waals surface area contributed by atoms with Gasteiger partial charge in [0, 0.05) is 12.8 Å². The van der Waals surface area contributed by atoms with Crippen molar-refractivity contribution in [2.45, 2.75) is 37.8 Å². The molecule has 0 aromatic heterocycles. The molecule has 1 aliphatic rings. The molecule has 2 heteroatoms. The maximum Gasteiger partial charge on any atom is 0.136 e. The minimum absolute atomic E-state index is 0.136. The molecule has 0 heterocycles. The first-order valence-electron chi connectivity index (χ1n) is 7.95. The van der Waals surface area contributed by atoms with Gasteiger partial charge in [0.2, 0.25) is 0 Å². The summed E-state index contributed by atoms with van der Waals surface area (Å²) in [7, 11) is -2.08. The van der Waals surface area contributed by atoms with Gasteiger partial charge in [-0.1, -0.05) is 91.8 Å². The SMILES string of the molecule is CC(C)(C)[Si](c1ccccc1)(c1ccccc1)C1[CH]C(=O)C1. The third kappa shape index (κ3) is 2.26. The molecule has 1 nitrogen and oxygen atoms in total. The summed E-state index contributed by atoms with van der Waals surface area (Å²) in [5.74, 6) is 0.304. The van der Waals surface area contributed by atoms with Crippen molar-refractivity contribution in [1.82, 2.24) is 0 Å². The van der Waals surface area contributed by atoms with Gasteiger partial charge in [0.15, 0.2) is 0 Å². The zero-order chi connectivity index (χ0) is 15.8. The highest BCUT2D eigenvalue weighted by atomic mass is 28.3. The third-order valence-corrected chi connectivity index (χ3v) is 11.3. The Labute approximate surface area is 134 Å². The van der Waals surface area contributed by atoms with E-state index in [1.165, 1.54) is 10.4 Å². The van der Waals surface area contributed by atoms with Crippen LogP contribution in [0.3, 0.4) is 0 Å². The first-order valence-corrected chi connectivity index (χ1v) is 10.0. The van der Waals surface area contributed by atoms with Crippen molar-refractivity contribution in [2.24, 2.45) is 0 Å². The standard InChI is InChI=1S/C20H23OSi/c1-20(2,3)22(19-14-16(21)15-19,17-10-6-4-7-11-17)18-12-8-5-9-13-18/h4-14,19H,15H2,1-3H3. The number of benzene rings is 2. The van der Waals surface area contributed by atoms with Crippen molar-refractivity contribution in [3.63, 3.8) is 0 Å². The molecule has 3 rings (SSSR count). The van der Waals surface area contributed by atoms with Crippen LogP contribution in [-0.4, -0.2) is 13.9 Å². The van der Waals surface area contributed by atoms with Crippen LogP contribution < -0.4 is 10.4 Å². The predicted molar refractivity (Wildman–Crippen MR) is 95.3 cm³/mol. The van der Waals surface area contributed by atoms with Crippen molar-refractivity contribution in [3.05, 3.63) is 67.1 Å². The molecule has 0 saturated heterocycles. The average molecular weight is 307 g/mol. The summed E-state index contributed by atoms with van der Waals surface area (Å²) in [6.07, 6.45) is 2.69. The highest BCUT2D eigenvalue weighted by Crippen LogP contribution is 2.49. The summed E-state index contributed by atoms with van der Waals surface area (Å²) in [5, 5.41) is 3.00. The van der Waals surface area contributed by atoms with Crippen molar-refractivity contribution in [3.8, 4) is 0 Å². The molecule has 1 fully saturated rings. The Balaban J connectivity index is 2.26. The Hall–Kier alpha value is -1.67. The van der Waals surface area contributed by atoms with Crippen molar-refractivity contribution in [1.29, 1.82) is 0 Å². The second kappa shape index (κ2) is 5.51. The van der Waals surface area contributed by atoms with E-state index in [4.69, 9.17) is 0 Å². The van der Waals surface area contributed by atoms with Gasteiger partial charge >= 0.3 is 0 Å². The fourth-order valence-corrected chi connectivity index (χ4v) is 10.5. The maximum absolute atomic E-state index is 11.7. The van der Waals surface area contributed by atoms with Gasteiger partial charge < -0.3 is 0 Å². The zero-order valence-corrected chi connectivity index (χ0v) is 14.5. The molecule has 113 valence electrons. The first-order chi connectivity index (χ1) is 10.5. The van der Waals surface area contributed by atoms with E-state index >= 15 is 0 Å². The predicted octanol–water partition coefficient (Wildman–Crippen LogP) is 3.60. The maximum atomic E-state index is 11.7. The summed E-state index contributed by atoms with van der Waals surface area (Å²) in [4.78, 5) is 11.7. The van der Waals surface area contributed by atoms with E-state index < -0.39 is 8.07 Å². The van der Waals surface area contributed by atoms with Crippen LogP contribution in [0.5, 0.6) is 0 Å². The lowest BCUT2D eigenvalue weighted by atomic mass is 9.97. The molecular formula is C20H23OSi. The normalized spacial score (nSPS) is 16.4. The van der Waals surface area contributed by atoms with Gasteiger partial charge in [-0.05, 0) is 10.6 Å². The summed E-state index contributed by atoms with van der Waals surface area (Å²) in [6.45, 7) is 7.03. The zero-order valence-electron chi connectivity index (χ0n) is 13.5. The van der Waals surface area contributed by atoms with E-state index in [0.717, 1.165) is 0 Å². The Morgan fingerprint density at radius 3 is 1.59 bits per heavy atom. The van der Waals surface area contributed by atoms with Crippen LogP contribution in [0.25, 0.3) is 0 Å². The number of rotatable bonds is 3. The number of Topliss-reactive ketones (excluding diaryl/α,β-unsaturated/α-hetero) is 1. The van der Waals surface area contributed by atoms with Gasteiger partial charge in [-0.2, -0.15) is 0 Å². The molecule has 2 aromatic carbocycles. The average Bonchev–Trinajstić information content (AvgIpc) is 2.47. The van der Waals surface area contributed by atoms with Crippen LogP contribution in [-0.2, 0) is 4.79 Å². The molecule has 2 aromatic rings. The molecule has 1 radical (unpaired) electrons. The Morgan fingerprint density at radius 2 is 1.27 bits per heavy atom. The first kappa shape index (κ1) is 15.2. The van der Waals surface area contributed by atoms with Gasteiger partial charge in [0.05, 0.1) is 0 Å². The second-order valence-corrected chi connectivity index (χ2v) is 12.2. The fraction of sp³-hybridized carbons (Fsp3) is 0.300. The fourth-order valence-electron chi connectivity index (χ4n) is 4.10. The second-order valence-electron chi connectivity index (χ2n) is 7.23. The van der Waals surface area contributed by atoms with E-state index in [9.17, 15) is 4.79 Å². The molecule has 1 saturated carbocycles. The smallest absolute Gasteiger partial charge is 0.136 e. The van der Waals surface area contributed by atoms with Gasteiger partial charge in [-0.3, -0.25) is 4.79 Å². The minimum atomic E-state index is -2.08. The van der Waals surface area contributed by atoms with Crippen molar-refractivity contribution in [2.75, 3.05) is 0 Å². The highest BCUT2D eigenvalue weighted by Gasteiger charge is 2.56. The Kier molecular flexibility index (Phi) is 3.81. The molecule has 1 unspecified atom stereocenters. The van der Waals surface area contributed by atoms with Crippen LogP contribution in [0.1, 0.15) is 27.2 Å². The van der Waals surface area contributed by atoms with Crippen LogP contribution >= 0.6 is 0 Å². The summed E-state index contributed by atoms with van der Waals surface area (Å²) in [5.41, 5.74) is 0.393. The molecule has 0 amide bonds. The third-order valence-electron chi connectivity index (χ3n) is 5.01. The lowest BCUT2D eigenvalue weighted by Crippen LogP contribution is -2.69. The number of ketones is 1. The molecule has 22 heavy (non-hydrogen) atoms. The molecule has 0 bridgehead atoms. The lowest BCUT2D eigenvalue weighted by molar-refractivity contribution is -0.119. The van der Waals surface area contributed by atoms with Crippen LogP contribution in [0.4, 0.5) is 0 Å². The molecule has 0 spiro atoms. The van der Waals surface area contributed by atoms with Gasteiger partial charge in [0.1, 0.15) is 13.9 Å². The van der Waals surface area contributed by atoms with Crippen molar-refractivity contribution < 1.29 is 4.79 Å². The minimum Gasteiger partial charge on any atom is -0.299 e. The monoisotopic (exact) mass is 307 g/mol. The Morgan fingerprint density at radius 1 is 0.864 bits per heavy atom. The van der Waals surface area contributed by atoms with Gasteiger partial charge in [0.25, 0.3) is 0 Å². The van der Waals surface area contributed by atoms with Crippen LogP contribution in [0, 0.1) is 6.42 Å². The van der Waals surface area contributed by atoms with Gasteiger partial charge in [-0.15, -0.1) is 0 Å². The van der Waals surface area contributed by atoms with Gasteiger partial charge in [-0.25, -0.2) is 0 Å². The summed E-state index contributed by atoms with van der Waals surface area (Å²) in [6, 6.07) is 21.7. The topological polar surface area (TPSA) is 17.1 Å². The molecule has 0 aliphatic heterocycles. The summed E-state index contributed by atoms with van der Waals surface area (Å²) >= 11 is 0. The van der Waals surface area contributed by atoms with E-state index in [-0.39, 0.29) is 5.04 Å². The molecule has 1 atom stereocenters. The van der Waals surface area contributed by atoms with E-state index in [1.54, 1.807) is 0 Å². The number of carbonyl (C=O) groups excluding carboxylic acids is 1. The Bertz CT molecular complexity index is 608. The number of hydrogen-bond donors (Lipinski definition) is 0. The highest BCUT2D eigenvalue weighted by molar-refractivity contribution is 7.06. The largest absolute Gasteiger partial charge is 0.299 e. The van der Waals surface area contributed by atoms with Crippen LogP contribution in [0.15, 0.2) is 60.7 Å². The van der Waals surface area contributed by atoms with E-state index in [1.807, 2.05) is 6.42 Å². The van der Waals surface area contributed by atoms with Crippen molar-refractivity contribution >= 4 is 24.2 Å². The number of hydrogen-bond acceptors (Lipinski definition) is 1. The number of carbonyl (C=O) groups is 1. The molecular weight excluding hydrogens is 284 g/mol. The molecule has 1 aliphatic carbocycles. The van der Waals surface area contributed by atoms with E-state index in [2.05, 4.69) is 81.4 Å². The van der Waals surface area contributed by atoms with E-state index in [0.29, 0.717) is 17.7 Å².